The van der Waals surface area contributed by atoms with Crippen LogP contribution in [0.3, 0.4) is 0 Å². The Bertz CT molecular complexity index is 1110. The minimum atomic E-state index is -5.00. The zero-order chi connectivity index (χ0) is 24.2. The molecule has 36 heavy (non-hydrogen) atoms. The molecule has 0 fully saturated rings. The molecule has 0 saturated heterocycles. The van der Waals surface area contributed by atoms with Gasteiger partial charge in [0.15, 0.2) is 0 Å². The number of hydrogen-bond acceptors (Lipinski definition) is 5. The third-order valence-electron chi connectivity index (χ3n) is 4.38. The van der Waals surface area contributed by atoms with Crippen LogP contribution in [0.15, 0.2) is 54.7 Å². The Hall–Kier alpha value is -2.61. The number of aliphatic hydroxyl groups is 1. The second-order valence-corrected chi connectivity index (χ2v) is 6.63. The Labute approximate surface area is 227 Å². The maximum Gasteiger partial charge on any atom is 0.519 e. The van der Waals surface area contributed by atoms with Gasteiger partial charge in [-0.3, -0.25) is 4.79 Å². The number of halogens is 6. The van der Waals surface area contributed by atoms with E-state index in [1.54, 1.807) is 24.3 Å². The molecule has 2 aromatic carbocycles. The second-order valence-electron chi connectivity index (χ2n) is 6.63. The number of nitrogens with zero attached hydrogens (tertiary/aromatic N) is 3. The molecule has 0 spiro atoms. The van der Waals surface area contributed by atoms with Gasteiger partial charge in [-0.1, -0.05) is 12.3 Å². The van der Waals surface area contributed by atoms with Crippen molar-refractivity contribution in [1.82, 2.24) is 9.97 Å². The van der Waals surface area contributed by atoms with E-state index >= 15 is 0 Å². The number of aromatic nitrogens is 2. The third kappa shape index (κ3) is 9.45. The first-order chi connectivity index (χ1) is 15.4. The SMILES string of the molecule is O.O=C1c2cc(Oc3ccc(C(F)(F)F)cc3)ccc2CCN1c1ccn[c-]n1.OC(F)(F)F.[CH3-].[Y]. The molecule has 193 valence electrons. The van der Waals surface area contributed by atoms with Crippen LogP contribution in [0.2, 0.25) is 0 Å². The summed E-state index contributed by atoms with van der Waals surface area (Å²) in [7, 11) is 0. The molecule has 3 N–H and O–H groups in total. The van der Waals surface area contributed by atoms with Crippen molar-refractivity contribution < 1.29 is 79.2 Å². The van der Waals surface area contributed by atoms with Crippen molar-refractivity contribution in [3.05, 3.63) is 85.2 Å². The third-order valence-corrected chi connectivity index (χ3v) is 4.38. The van der Waals surface area contributed by atoms with Crippen LogP contribution in [0.1, 0.15) is 21.5 Å². The van der Waals surface area contributed by atoms with E-state index in [-0.39, 0.29) is 57.3 Å². The second kappa shape index (κ2) is 13.6. The number of alkyl halides is 6. The number of benzene rings is 2. The van der Waals surface area contributed by atoms with E-state index in [1.807, 2.05) is 0 Å². The van der Waals surface area contributed by atoms with Crippen LogP contribution in [0.25, 0.3) is 0 Å². The summed E-state index contributed by atoms with van der Waals surface area (Å²) < 4.78 is 73.3. The molecule has 2 heterocycles. The van der Waals surface area contributed by atoms with Crippen LogP contribution >= 0.6 is 0 Å². The fraction of sp³-hybridized carbons (Fsp3) is 0.182. The van der Waals surface area contributed by atoms with Gasteiger partial charge in [-0.15, -0.1) is 19.2 Å². The van der Waals surface area contributed by atoms with E-state index in [1.165, 1.54) is 23.2 Å². The smallest absolute Gasteiger partial charge is 0.457 e. The van der Waals surface area contributed by atoms with Crippen molar-refractivity contribution in [3.63, 3.8) is 0 Å². The van der Waals surface area contributed by atoms with E-state index in [2.05, 4.69) is 16.3 Å². The Morgan fingerprint density at radius 1 is 0.972 bits per heavy atom. The molecule has 0 bridgehead atoms. The molecule has 0 saturated carbocycles. The van der Waals surface area contributed by atoms with Crippen molar-refractivity contribution in [3.8, 4) is 11.5 Å². The number of hydrogen-bond donors (Lipinski definition) is 1. The fourth-order valence-electron chi connectivity index (χ4n) is 2.99. The summed E-state index contributed by atoms with van der Waals surface area (Å²) in [6.07, 6.45) is -4.79. The number of carbonyl (C=O) groups is 1. The van der Waals surface area contributed by atoms with Crippen molar-refractivity contribution in [2.45, 2.75) is 19.0 Å². The zero-order valence-electron chi connectivity index (χ0n) is 18.6. The quantitative estimate of drug-likeness (QED) is 0.358. The molecule has 1 aliphatic heterocycles. The predicted molar refractivity (Wildman–Crippen MR) is 113 cm³/mol. The van der Waals surface area contributed by atoms with E-state index in [0.29, 0.717) is 30.1 Å². The van der Waals surface area contributed by atoms with Gasteiger partial charge in [-0.25, -0.2) is 0 Å². The van der Waals surface area contributed by atoms with Crippen molar-refractivity contribution in [2.75, 3.05) is 11.4 Å². The van der Waals surface area contributed by atoms with Gasteiger partial charge in [-0.2, -0.15) is 13.2 Å². The van der Waals surface area contributed by atoms with E-state index in [9.17, 15) is 31.1 Å². The molecule has 4 rings (SSSR count). The first-order valence-corrected chi connectivity index (χ1v) is 9.20. The Balaban J connectivity index is 0.00000140. The predicted octanol–water partition coefficient (Wildman–Crippen LogP) is 4.41. The van der Waals surface area contributed by atoms with Gasteiger partial charge < -0.3 is 37.6 Å². The zero-order valence-corrected chi connectivity index (χ0v) is 21.4. The van der Waals surface area contributed by atoms with Gasteiger partial charge in [-0.05, 0) is 48.4 Å². The Kier molecular flexibility index (Phi) is 12.6. The van der Waals surface area contributed by atoms with Crippen LogP contribution in [0.5, 0.6) is 11.5 Å². The van der Waals surface area contributed by atoms with E-state index in [4.69, 9.17) is 9.84 Å². The van der Waals surface area contributed by atoms with Crippen LogP contribution in [0.4, 0.5) is 32.2 Å². The minimum absolute atomic E-state index is 0. The van der Waals surface area contributed by atoms with Gasteiger partial charge in [0.2, 0.25) is 5.91 Å². The van der Waals surface area contributed by atoms with Crippen LogP contribution in [-0.4, -0.2) is 39.4 Å². The number of rotatable bonds is 3. The van der Waals surface area contributed by atoms with Crippen LogP contribution in [-0.2, 0) is 45.3 Å². The first kappa shape index (κ1) is 33.4. The number of amides is 1. The summed E-state index contributed by atoms with van der Waals surface area (Å²) in [6.45, 7) is 0.482. The van der Waals surface area contributed by atoms with Gasteiger partial charge in [0, 0.05) is 57.0 Å². The summed E-state index contributed by atoms with van der Waals surface area (Å²) in [5, 5.41) is 6.52. The molecule has 1 aliphatic rings. The summed E-state index contributed by atoms with van der Waals surface area (Å²) in [5.74, 6) is 0.840. The van der Waals surface area contributed by atoms with Crippen LogP contribution < -0.4 is 9.64 Å². The number of anilines is 1. The first-order valence-electron chi connectivity index (χ1n) is 9.20. The molecule has 1 aromatic heterocycles. The molecular formula is C22H19F6N3O4Y-2. The van der Waals surface area contributed by atoms with Crippen LogP contribution in [0, 0.1) is 13.8 Å². The van der Waals surface area contributed by atoms with Gasteiger partial charge in [0.05, 0.1) is 5.56 Å². The summed E-state index contributed by atoms with van der Waals surface area (Å²) in [5.41, 5.74) is 0.589. The maximum atomic E-state index is 12.8. The van der Waals surface area contributed by atoms with Gasteiger partial charge >= 0.3 is 12.5 Å². The number of fused-ring (bicyclic) bond motifs is 1. The van der Waals surface area contributed by atoms with Crippen molar-refractivity contribution in [2.24, 2.45) is 0 Å². The minimum Gasteiger partial charge on any atom is -0.457 e. The van der Waals surface area contributed by atoms with Gasteiger partial charge in [0.1, 0.15) is 11.5 Å². The summed E-state index contributed by atoms with van der Waals surface area (Å²) in [4.78, 5) is 22.1. The molecule has 0 atom stereocenters. The number of ether oxygens (including phenoxy) is 1. The normalized spacial score (nSPS) is 12.5. The monoisotopic (exact) mass is 592 g/mol. The van der Waals surface area contributed by atoms with Gasteiger partial charge in [0.25, 0.3) is 0 Å². The van der Waals surface area contributed by atoms with E-state index in [0.717, 1.165) is 17.7 Å². The molecule has 7 nitrogen and oxygen atoms in total. The van der Waals surface area contributed by atoms with Crippen molar-refractivity contribution >= 4 is 11.7 Å². The number of carbonyl (C=O) groups excluding carboxylic acids is 1. The molecule has 0 aliphatic carbocycles. The van der Waals surface area contributed by atoms with Crippen molar-refractivity contribution in [1.29, 1.82) is 0 Å². The average molecular weight is 592 g/mol. The molecule has 0 unspecified atom stereocenters. The Morgan fingerprint density at radius 2 is 1.56 bits per heavy atom. The average Bonchev–Trinajstić information content (AvgIpc) is 2.74. The molecule has 1 radical (unpaired) electrons. The maximum absolute atomic E-state index is 12.8. The molecular weight excluding hydrogens is 573 g/mol. The fourth-order valence-corrected chi connectivity index (χ4v) is 2.99. The summed E-state index contributed by atoms with van der Waals surface area (Å²) in [6, 6.07) is 11.1. The Morgan fingerprint density at radius 3 is 2.08 bits per heavy atom. The standard InChI is InChI=1S/C20H13F3N3O2.CHF3O.CH3.H2O.Y/c21-20(22,23)14-2-5-15(6-3-14)28-16-4-1-13-8-10-26(19(27)17(13)11-16)18-7-9-24-12-25-18;2-1(3,4)5;;;/h1-7,9,11H,8,10H2;5H;1H3;1H2;/q-1;;-1;;. The molecule has 14 heteroatoms. The van der Waals surface area contributed by atoms with E-state index < -0.39 is 18.1 Å². The topological polar surface area (TPSA) is 107 Å². The molecule has 3 aromatic rings. The summed E-state index contributed by atoms with van der Waals surface area (Å²) >= 11 is 0. The largest absolute Gasteiger partial charge is 0.519 e. The molecule has 1 amide bonds.